The number of imidazole rings is 1. The van der Waals surface area contributed by atoms with Crippen molar-refractivity contribution >= 4 is 5.91 Å². The Morgan fingerprint density at radius 2 is 2.05 bits per heavy atom. The van der Waals surface area contributed by atoms with E-state index in [0.29, 0.717) is 18.8 Å². The van der Waals surface area contributed by atoms with Gasteiger partial charge in [-0.05, 0) is 42.5 Å². The number of carbonyl (C=O) groups is 1. The number of rotatable bonds is 1. The topological polar surface area (TPSA) is 38.1 Å². The van der Waals surface area contributed by atoms with Crippen molar-refractivity contribution in [3.8, 4) is 0 Å². The standard InChI is InChI=1S/C17H18FN3O/c18-14-5-4-12-6-8-20(11-13(12)9-14)17(22)15-10-19-16-3-1-2-7-21(15)16/h4-5,9-10H,1-3,6-8,11H2. The molecule has 2 aliphatic heterocycles. The van der Waals surface area contributed by atoms with E-state index in [0.717, 1.165) is 49.2 Å². The van der Waals surface area contributed by atoms with E-state index in [1.54, 1.807) is 17.2 Å². The Kier molecular flexibility index (Phi) is 3.21. The van der Waals surface area contributed by atoms with Crippen molar-refractivity contribution in [1.29, 1.82) is 0 Å². The molecule has 1 aromatic heterocycles. The van der Waals surface area contributed by atoms with Crippen LogP contribution >= 0.6 is 0 Å². The lowest BCUT2D eigenvalue weighted by Crippen LogP contribution is -2.37. The average molecular weight is 299 g/mol. The minimum absolute atomic E-state index is 0.00978. The van der Waals surface area contributed by atoms with Gasteiger partial charge in [0.05, 0.1) is 6.20 Å². The van der Waals surface area contributed by atoms with Crippen LogP contribution in [0.1, 0.15) is 40.3 Å². The minimum atomic E-state index is -0.241. The molecule has 0 atom stereocenters. The van der Waals surface area contributed by atoms with Crippen LogP contribution in [0.25, 0.3) is 0 Å². The second kappa shape index (κ2) is 5.23. The fourth-order valence-corrected chi connectivity index (χ4v) is 3.45. The number of hydrogen-bond acceptors (Lipinski definition) is 2. The normalized spacial score (nSPS) is 17.0. The largest absolute Gasteiger partial charge is 0.333 e. The van der Waals surface area contributed by atoms with Crippen LogP contribution in [0, 0.1) is 5.82 Å². The third-order valence-electron chi connectivity index (χ3n) is 4.66. The lowest BCUT2D eigenvalue weighted by Gasteiger charge is -2.29. The molecule has 4 rings (SSSR count). The van der Waals surface area contributed by atoms with Crippen LogP contribution in [0.2, 0.25) is 0 Å². The molecule has 0 saturated heterocycles. The van der Waals surface area contributed by atoms with Gasteiger partial charge in [-0.25, -0.2) is 9.37 Å². The van der Waals surface area contributed by atoms with Crippen molar-refractivity contribution in [3.05, 3.63) is 52.9 Å². The van der Waals surface area contributed by atoms with Crippen molar-refractivity contribution < 1.29 is 9.18 Å². The summed E-state index contributed by atoms with van der Waals surface area (Å²) >= 11 is 0. The smallest absolute Gasteiger partial charge is 0.272 e. The van der Waals surface area contributed by atoms with E-state index in [9.17, 15) is 9.18 Å². The van der Waals surface area contributed by atoms with Gasteiger partial charge in [0, 0.05) is 26.1 Å². The third kappa shape index (κ3) is 2.21. The van der Waals surface area contributed by atoms with Crippen LogP contribution in [0.3, 0.4) is 0 Å². The molecule has 1 aromatic carbocycles. The van der Waals surface area contributed by atoms with Crippen molar-refractivity contribution in [2.45, 2.75) is 38.8 Å². The van der Waals surface area contributed by atoms with Crippen molar-refractivity contribution in [3.63, 3.8) is 0 Å². The Morgan fingerprint density at radius 3 is 2.95 bits per heavy atom. The Bertz CT molecular complexity index is 738. The first-order chi connectivity index (χ1) is 10.7. The van der Waals surface area contributed by atoms with Gasteiger partial charge < -0.3 is 9.47 Å². The zero-order chi connectivity index (χ0) is 15.1. The molecule has 1 amide bonds. The maximum Gasteiger partial charge on any atom is 0.272 e. The van der Waals surface area contributed by atoms with Gasteiger partial charge in [-0.3, -0.25) is 4.79 Å². The number of fused-ring (bicyclic) bond motifs is 2. The molecule has 5 heteroatoms. The molecule has 0 N–H and O–H groups in total. The quantitative estimate of drug-likeness (QED) is 0.811. The van der Waals surface area contributed by atoms with Gasteiger partial charge in [-0.15, -0.1) is 0 Å². The van der Waals surface area contributed by atoms with Gasteiger partial charge >= 0.3 is 0 Å². The molecule has 114 valence electrons. The van der Waals surface area contributed by atoms with Crippen LogP contribution in [0.5, 0.6) is 0 Å². The van der Waals surface area contributed by atoms with Gasteiger partial charge in [-0.1, -0.05) is 6.07 Å². The molecule has 22 heavy (non-hydrogen) atoms. The summed E-state index contributed by atoms with van der Waals surface area (Å²) in [6, 6.07) is 4.86. The molecular weight excluding hydrogens is 281 g/mol. The first-order valence-corrected chi connectivity index (χ1v) is 7.83. The molecule has 0 aliphatic carbocycles. The number of benzene rings is 1. The second-order valence-electron chi connectivity index (χ2n) is 6.06. The average Bonchev–Trinajstić information content (AvgIpc) is 2.97. The highest BCUT2D eigenvalue weighted by molar-refractivity contribution is 5.92. The summed E-state index contributed by atoms with van der Waals surface area (Å²) in [5.74, 6) is 0.781. The fraction of sp³-hybridized carbons (Fsp3) is 0.412. The zero-order valence-corrected chi connectivity index (χ0v) is 12.4. The molecule has 4 nitrogen and oxygen atoms in total. The molecule has 0 fully saturated rings. The highest BCUT2D eigenvalue weighted by atomic mass is 19.1. The fourth-order valence-electron chi connectivity index (χ4n) is 3.45. The maximum atomic E-state index is 13.4. The summed E-state index contributed by atoms with van der Waals surface area (Å²) in [5.41, 5.74) is 2.73. The lowest BCUT2D eigenvalue weighted by molar-refractivity contribution is 0.0722. The Balaban J connectivity index is 1.60. The second-order valence-corrected chi connectivity index (χ2v) is 6.06. The molecule has 3 heterocycles. The summed E-state index contributed by atoms with van der Waals surface area (Å²) in [6.07, 6.45) is 5.66. The number of halogens is 1. The van der Waals surface area contributed by atoms with E-state index in [1.807, 2.05) is 10.6 Å². The maximum absolute atomic E-state index is 13.4. The third-order valence-corrected chi connectivity index (χ3v) is 4.66. The van der Waals surface area contributed by atoms with Crippen LogP contribution in [0.4, 0.5) is 4.39 Å². The SMILES string of the molecule is O=C(c1cnc2n1CCCC2)N1CCc2ccc(F)cc2C1. The summed E-state index contributed by atoms with van der Waals surface area (Å²) in [7, 11) is 0. The van der Waals surface area contributed by atoms with E-state index >= 15 is 0 Å². The number of nitrogens with zero attached hydrogens (tertiary/aromatic N) is 3. The summed E-state index contributed by atoms with van der Waals surface area (Å²) < 4.78 is 15.5. The predicted octanol–water partition coefficient (Wildman–Crippen LogP) is 2.56. The number of amides is 1. The number of carbonyl (C=O) groups excluding carboxylic acids is 1. The number of hydrogen-bond donors (Lipinski definition) is 0. The Hall–Kier alpha value is -2.17. The molecular formula is C17H18FN3O. The first-order valence-electron chi connectivity index (χ1n) is 7.83. The predicted molar refractivity (Wildman–Crippen MR) is 80.0 cm³/mol. The van der Waals surface area contributed by atoms with E-state index in [1.165, 1.54) is 6.07 Å². The van der Waals surface area contributed by atoms with Crippen LogP contribution in [-0.4, -0.2) is 26.9 Å². The van der Waals surface area contributed by atoms with Crippen LogP contribution in [-0.2, 0) is 25.9 Å². The number of aryl methyl sites for hydroxylation is 1. The van der Waals surface area contributed by atoms with Gasteiger partial charge in [0.2, 0.25) is 0 Å². The highest BCUT2D eigenvalue weighted by Crippen LogP contribution is 2.23. The Labute approximate surface area is 128 Å². The Morgan fingerprint density at radius 1 is 1.14 bits per heavy atom. The van der Waals surface area contributed by atoms with Crippen molar-refractivity contribution in [2.75, 3.05) is 6.54 Å². The lowest BCUT2D eigenvalue weighted by atomic mass is 9.99. The molecule has 0 unspecified atom stereocenters. The van der Waals surface area contributed by atoms with E-state index < -0.39 is 0 Å². The van der Waals surface area contributed by atoms with Crippen molar-refractivity contribution in [2.24, 2.45) is 0 Å². The van der Waals surface area contributed by atoms with Crippen LogP contribution in [0.15, 0.2) is 24.4 Å². The van der Waals surface area contributed by atoms with Gasteiger partial charge in [0.15, 0.2) is 0 Å². The van der Waals surface area contributed by atoms with E-state index in [-0.39, 0.29) is 11.7 Å². The van der Waals surface area contributed by atoms with Gasteiger partial charge in [0.1, 0.15) is 17.3 Å². The number of aromatic nitrogens is 2. The molecule has 0 spiro atoms. The monoisotopic (exact) mass is 299 g/mol. The first kappa shape index (κ1) is 13.5. The van der Waals surface area contributed by atoms with E-state index in [2.05, 4.69) is 4.98 Å². The summed E-state index contributed by atoms with van der Waals surface area (Å²) in [5, 5.41) is 0. The van der Waals surface area contributed by atoms with Crippen molar-refractivity contribution in [1.82, 2.24) is 14.5 Å². The molecule has 0 bridgehead atoms. The molecule has 2 aliphatic rings. The van der Waals surface area contributed by atoms with Gasteiger partial charge in [-0.2, -0.15) is 0 Å². The molecule has 0 saturated carbocycles. The zero-order valence-electron chi connectivity index (χ0n) is 12.4. The minimum Gasteiger partial charge on any atom is -0.333 e. The summed E-state index contributed by atoms with van der Waals surface area (Å²) in [6.45, 7) is 2.03. The molecule has 0 radical (unpaired) electrons. The highest BCUT2D eigenvalue weighted by Gasteiger charge is 2.26. The van der Waals surface area contributed by atoms with Gasteiger partial charge in [0.25, 0.3) is 5.91 Å². The van der Waals surface area contributed by atoms with Crippen LogP contribution < -0.4 is 0 Å². The van der Waals surface area contributed by atoms with E-state index in [4.69, 9.17) is 0 Å². The molecule has 2 aromatic rings. The summed E-state index contributed by atoms with van der Waals surface area (Å²) in [4.78, 5) is 19.0.